The Morgan fingerprint density at radius 2 is 2.06 bits per heavy atom. The molecule has 1 aromatic carbocycles. The van der Waals surface area contributed by atoms with Crippen LogP contribution in [0.3, 0.4) is 0 Å². The molecule has 1 heterocycles. The molecule has 1 aliphatic heterocycles. The average molecular weight is 257 g/mol. The molecular formula is C13H18ClFN2. The molecule has 1 aliphatic rings. The highest BCUT2D eigenvalue weighted by molar-refractivity contribution is 6.31. The van der Waals surface area contributed by atoms with E-state index in [1.54, 1.807) is 12.1 Å². The summed E-state index contributed by atoms with van der Waals surface area (Å²) in [6, 6.07) is 4.85. The van der Waals surface area contributed by atoms with Gasteiger partial charge in [-0.15, -0.1) is 0 Å². The SMILES string of the molecule is NCC1CCN(Cc2c(F)cccc2Cl)CC1. The fourth-order valence-electron chi connectivity index (χ4n) is 2.29. The van der Waals surface area contributed by atoms with Crippen LogP contribution in [0.2, 0.25) is 5.02 Å². The molecule has 0 aliphatic carbocycles. The highest BCUT2D eigenvalue weighted by atomic mass is 35.5. The molecule has 0 unspecified atom stereocenters. The molecule has 0 amide bonds. The molecule has 0 atom stereocenters. The number of benzene rings is 1. The lowest BCUT2D eigenvalue weighted by molar-refractivity contribution is 0.178. The van der Waals surface area contributed by atoms with Gasteiger partial charge in [0.05, 0.1) is 0 Å². The average Bonchev–Trinajstić information content (AvgIpc) is 2.35. The van der Waals surface area contributed by atoms with Crippen LogP contribution in [0.4, 0.5) is 4.39 Å². The standard InChI is InChI=1S/C13H18ClFN2/c14-12-2-1-3-13(15)11(12)9-17-6-4-10(8-16)5-7-17/h1-3,10H,4-9,16H2. The molecule has 0 aromatic heterocycles. The van der Waals surface area contributed by atoms with E-state index >= 15 is 0 Å². The van der Waals surface area contributed by atoms with Crippen molar-refractivity contribution in [2.24, 2.45) is 11.7 Å². The number of likely N-dealkylation sites (tertiary alicyclic amines) is 1. The smallest absolute Gasteiger partial charge is 0.129 e. The minimum absolute atomic E-state index is 0.210. The normalized spacial score (nSPS) is 18.5. The molecule has 94 valence electrons. The Labute approximate surface area is 107 Å². The van der Waals surface area contributed by atoms with Crippen LogP contribution in [0, 0.1) is 11.7 Å². The van der Waals surface area contributed by atoms with Gasteiger partial charge in [-0.25, -0.2) is 4.39 Å². The van der Waals surface area contributed by atoms with Crippen molar-refractivity contribution in [2.75, 3.05) is 19.6 Å². The molecule has 2 nitrogen and oxygen atoms in total. The monoisotopic (exact) mass is 256 g/mol. The molecule has 2 N–H and O–H groups in total. The molecule has 17 heavy (non-hydrogen) atoms. The Morgan fingerprint density at radius 3 is 2.65 bits per heavy atom. The predicted octanol–water partition coefficient (Wildman–Crippen LogP) is 2.65. The van der Waals surface area contributed by atoms with Gasteiger partial charge in [0.15, 0.2) is 0 Å². The maximum atomic E-state index is 13.6. The molecule has 0 spiro atoms. The summed E-state index contributed by atoms with van der Waals surface area (Å²) in [7, 11) is 0. The number of rotatable bonds is 3. The van der Waals surface area contributed by atoms with E-state index in [1.807, 2.05) is 0 Å². The number of nitrogens with zero attached hydrogens (tertiary/aromatic N) is 1. The number of hydrogen-bond donors (Lipinski definition) is 1. The Balaban J connectivity index is 1.98. The fraction of sp³-hybridized carbons (Fsp3) is 0.538. The number of halogens is 2. The largest absolute Gasteiger partial charge is 0.330 e. The zero-order valence-electron chi connectivity index (χ0n) is 9.83. The third kappa shape index (κ3) is 3.18. The van der Waals surface area contributed by atoms with Crippen LogP contribution in [-0.4, -0.2) is 24.5 Å². The molecule has 0 bridgehead atoms. The van der Waals surface area contributed by atoms with Crippen LogP contribution in [0.1, 0.15) is 18.4 Å². The fourth-order valence-corrected chi connectivity index (χ4v) is 2.51. The lowest BCUT2D eigenvalue weighted by Gasteiger charge is -2.31. The van der Waals surface area contributed by atoms with E-state index < -0.39 is 0 Å². The Morgan fingerprint density at radius 1 is 1.35 bits per heavy atom. The molecule has 0 radical (unpaired) electrons. The molecular weight excluding hydrogens is 239 g/mol. The minimum Gasteiger partial charge on any atom is -0.330 e. The van der Waals surface area contributed by atoms with Gasteiger partial charge in [-0.3, -0.25) is 4.90 Å². The quantitative estimate of drug-likeness (QED) is 0.901. The van der Waals surface area contributed by atoms with E-state index in [1.165, 1.54) is 6.07 Å². The summed E-state index contributed by atoms with van der Waals surface area (Å²) in [5.41, 5.74) is 6.26. The lowest BCUT2D eigenvalue weighted by Crippen LogP contribution is -2.35. The van der Waals surface area contributed by atoms with Crippen molar-refractivity contribution in [3.05, 3.63) is 34.6 Å². The van der Waals surface area contributed by atoms with E-state index in [-0.39, 0.29) is 5.82 Å². The van der Waals surface area contributed by atoms with Gasteiger partial charge in [0.2, 0.25) is 0 Å². The second-order valence-electron chi connectivity index (χ2n) is 4.66. The van der Waals surface area contributed by atoms with Gasteiger partial charge in [-0.1, -0.05) is 17.7 Å². The number of nitrogens with two attached hydrogens (primary N) is 1. The van der Waals surface area contributed by atoms with Crippen molar-refractivity contribution < 1.29 is 4.39 Å². The Bertz CT molecular complexity index is 355. The lowest BCUT2D eigenvalue weighted by atomic mass is 9.97. The van der Waals surface area contributed by atoms with Gasteiger partial charge in [-0.2, -0.15) is 0 Å². The highest BCUT2D eigenvalue weighted by Crippen LogP contribution is 2.23. The van der Waals surface area contributed by atoms with Gasteiger partial charge in [0, 0.05) is 17.1 Å². The first-order chi connectivity index (χ1) is 8.20. The van der Waals surface area contributed by atoms with Crippen molar-refractivity contribution in [1.82, 2.24) is 4.90 Å². The molecule has 1 aromatic rings. The van der Waals surface area contributed by atoms with E-state index in [0.29, 0.717) is 23.0 Å². The van der Waals surface area contributed by atoms with Crippen molar-refractivity contribution in [2.45, 2.75) is 19.4 Å². The molecule has 2 rings (SSSR count). The van der Waals surface area contributed by atoms with Crippen LogP contribution >= 0.6 is 11.6 Å². The van der Waals surface area contributed by atoms with Crippen LogP contribution in [0.5, 0.6) is 0 Å². The third-order valence-corrected chi connectivity index (χ3v) is 3.84. The second-order valence-corrected chi connectivity index (χ2v) is 5.06. The Kier molecular flexibility index (Phi) is 4.37. The molecule has 1 saturated heterocycles. The van der Waals surface area contributed by atoms with Crippen molar-refractivity contribution >= 4 is 11.6 Å². The van der Waals surface area contributed by atoms with E-state index in [2.05, 4.69) is 4.90 Å². The molecule has 0 saturated carbocycles. The summed E-state index contributed by atoms with van der Waals surface area (Å²) in [4.78, 5) is 2.25. The minimum atomic E-state index is -0.210. The first kappa shape index (κ1) is 12.8. The van der Waals surface area contributed by atoms with Gasteiger partial charge >= 0.3 is 0 Å². The first-order valence-electron chi connectivity index (χ1n) is 6.06. The summed E-state index contributed by atoms with van der Waals surface area (Å²) in [6.07, 6.45) is 2.20. The first-order valence-corrected chi connectivity index (χ1v) is 6.44. The van der Waals surface area contributed by atoms with Crippen LogP contribution < -0.4 is 5.73 Å². The summed E-state index contributed by atoms with van der Waals surface area (Å²) in [6.45, 7) is 3.32. The Hall–Kier alpha value is -0.640. The molecule has 1 fully saturated rings. The summed E-state index contributed by atoms with van der Waals surface area (Å²) < 4.78 is 13.6. The maximum Gasteiger partial charge on any atom is 0.129 e. The highest BCUT2D eigenvalue weighted by Gasteiger charge is 2.19. The maximum absolute atomic E-state index is 13.6. The topological polar surface area (TPSA) is 29.3 Å². The number of hydrogen-bond acceptors (Lipinski definition) is 2. The second kappa shape index (κ2) is 5.80. The van der Waals surface area contributed by atoms with Crippen molar-refractivity contribution in [3.8, 4) is 0 Å². The predicted molar refractivity (Wildman–Crippen MR) is 68.5 cm³/mol. The van der Waals surface area contributed by atoms with E-state index in [4.69, 9.17) is 17.3 Å². The summed E-state index contributed by atoms with van der Waals surface area (Å²) >= 11 is 6.02. The van der Waals surface area contributed by atoms with Crippen molar-refractivity contribution in [1.29, 1.82) is 0 Å². The third-order valence-electron chi connectivity index (χ3n) is 3.48. The van der Waals surface area contributed by atoms with Gasteiger partial charge in [-0.05, 0) is 50.5 Å². The van der Waals surface area contributed by atoms with E-state index in [0.717, 1.165) is 32.5 Å². The zero-order chi connectivity index (χ0) is 12.3. The van der Waals surface area contributed by atoms with Crippen LogP contribution in [-0.2, 0) is 6.54 Å². The van der Waals surface area contributed by atoms with Gasteiger partial charge < -0.3 is 5.73 Å². The molecule has 4 heteroatoms. The van der Waals surface area contributed by atoms with Crippen LogP contribution in [0.25, 0.3) is 0 Å². The van der Waals surface area contributed by atoms with Crippen LogP contribution in [0.15, 0.2) is 18.2 Å². The van der Waals surface area contributed by atoms with Crippen molar-refractivity contribution in [3.63, 3.8) is 0 Å². The summed E-state index contributed by atoms with van der Waals surface area (Å²) in [5, 5.41) is 0.519. The van der Waals surface area contributed by atoms with E-state index in [9.17, 15) is 4.39 Å². The summed E-state index contributed by atoms with van der Waals surface area (Å²) in [5.74, 6) is 0.417. The van der Waals surface area contributed by atoms with Gasteiger partial charge in [0.25, 0.3) is 0 Å². The zero-order valence-corrected chi connectivity index (χ0v) is 10.6. The number of piperidine rings is 1. The van der Waals surface area contributed by atoms with Gasteiger partial charge in [0.1, 0.15) is 5.82 Å².